The quantitative estimate of drug-likeness (QED) is 0.890. The minimum atomic E-state index is 0.204. The van der Waals surface area contributed by atoms with Crippen molar-refractivity contribution in [2.45, 2.75) is 18.5 Å². The van der Waals surface area contributed by atoms with Crippen LogP contribution in [0.4, 0.5) is 0 Å². The molecule has 0 spiro atoms. The fraction of sp³-hybridized carbons (Fsp3) is 0.647. The Morgan fingerprint density at radius 3 is 2.43 bits per heavy atom. The minimum Gasteiger partial charge on any atom is -0.329 e. The van der Waals surface area contributed by atoms with Crippen LogP contribution >= 0.6 is 0 Å². The molecule has 0 aliphatic carbocycles. The van der Waals surface area contributed by atoms with Crippen molar-refractivity contribution in [1.82, 2.24) is 14.7 Å². The van der Waals surface area contributed by atoms with E-state index in [1.807, 2.05) is 0 Å². The Balaban J connectivity index is 1.63. The summed E-state index contributed by atoms with van der Waals surface area (Å²) in [5.74, 6) is 0. The molecule has 116 valence electrons. The number of rotatable bonds is 4. The van der Waals surface area contributed by atoms with Gasteiger partial charge in [-0.05, 0) is 19.0 Å². The highest BCUT2D eigenvalue weighted by Crippen LogP contribution is 2.29. The van der Waals surface area contributed by atoms with E-state index in [1.165, 1.54) is 31.6 Å². The standard InChI is InChI=1S/C17H28N4/c1-19-9-11-21(12-10-19)17(14-18)7-8-20(15-17)13-16-5-3-2-4-6-16/h2-6H,7-15,18H2,1H3. The number of nitrogens with zero attached hydrogens (tertiary/aromatic N) is 3. The van der Waals surface area contributed by atoms with Gasteiger partial charge in [0.15, 0.2) is 0 Å². The van der Waals surface area contributed by atoms with Crippen LogP contribution in [0.1, 0.15) is 12.0 Å². The maximum absolute atomic E-state index is 6.21. The van der Waals surface area contributed by atoms with Gasteiger partial charge >= 0.3 is 0 Å². The Kier molecular flexibility index (Phi) is 4.60. The van der Waals surface area contributed by atoms with Gasteiger partial charge in [0.25, 0.3) is 0 Å². The highest BCUT2D eigenvalue weighted by molar-refractivity contribution is 5.15. The Hall–Kier alpha value is -0.940. The highest BCUT2D eigenvalue weighted by atomic mass is 15.3. The van der Waals surface area contributed by atoms with Crippen LogP contribution in [0.2, 0.25) is 0 Å². The Labute approximate surface area is 128 Å². The summed E-state index contributed by atoms with van der Waals surface area (Å²) in [6.45, 7) is 8.76. The van der Waals surface area contributed by atoms with Crippen molar-refractivity contribution >= 4 is 0 Å². The van der Waals surface area contributed by atoms with Gasteiger partial charge in [0.05, 0.1) is 0 Å². The molecule has 2 aliphatic rings. The first-order valence-corrected chi connectivity index (χ1v) is 8.12. The molecule has 1 aromatic rings. The summed E-state index contributed by atoms with van der Waals surface area (Å²) in [4.78, 5) is 7.63. The lowest BCUT2D eigenvalue weighted by Crippen LogP contribution is -2.60. The maximum atomic E-state index is 6.21. The van der Waals surface area contributed by atoms with E-state index in [0.717, 1.165) is 32.7 Å². The average molecular weight is 288 g/mol. The molecule has 1 atom stereocenters. The van der Waals surface area contributed by atoms with E-state index in [-0.39, 0.29) is 5.54 Å². The summed E-state index contributed by atoms with van der Waals surface area (Å²) in [5, 5.41) is 0. The molecule has 0 amide bonds. The van der Waals surface area contributed by atoms with Crippen LogP contribution < -0.4 is 5.73 Å². The summed E-state index contributed by atoms with van der Waals surface area (Å²) in [7, 11) is 2.21. The van der Waals surface area contributed by atoms with Crippen LogP contribution in [0, 0.1) is 0 Å². The molecule has 2 heterocycles. The fourth-order valence-electron chi connectivity index (χ4n) is 3.75. The average Bonchev–Trinajstić information content (AvgIpc) is 2.93. The van der Waals surface area contributed by atoms with Crippen LogP contribution in [0.25, 0.3) is 0 Å². The van der Waals surface area contributed by atoms with E-state index >= 15 is 0 Å². The van der Waals surface area contributed by atoms with E-state index < -0.39 is 0 Å². The van der Waals surface area contributed by atoms with Gasteiger partial charge < -0.3 is 10.6 Å². The monoisotopic (exact) mass is 288 g/mol. The van der Waals surface area contributed by atoms with Crippen LogP contribution in [-0.2, 0) is 6.54 Å². The first-order chi connectivity index (χ1) is 10.2. The molecule has 21 heavy (non-hydrogen) atoms. The van der Waals surface area contributed by atoms with Gasteiger partial charge in [-0.1, -0.05) is 30.3 Å². The minimum absolute atomic E-state index is 0.204. The Morgan fingerprint density at radius 1 is 1.05 bits per heavy atom. The number of nitrogens with two attached hydrogens (primary N) is 1. The molecule has 0 radical (unpaired) electrons. The molecule has 0 bridgehead atoms. The van der Waals surface area contributed by atoms with Gasteiger partial charge in [-0.25, -0.2) is 0 Å². The Morgan fingerprint density at radius 2 is 1.76 bits per heavy atom. The fourth-order valence-corrected chi connectivity index (χ4v) is 3.75. The highest BCUT2D eigenvalue weighted by Gasteiger charge is 2.42. The normalized spacial score (nSPS) is 29.0. The van der Waals surface area contributed by atoms with E-state index in [2.05, 4.69) is 52.1 Å². The van der Waals surface area contributed by atoms with E-state index in [4.69, 9.17) is 5.73 Å². The second-order valence-electron chi connectivity index (χ2n) is 6.67. The second kappa shape index (κ2) is 6.44. The van der Waals surface area contributed by atoms with Gasteiger partial charge in [-0.15, -0.1) is 0 Å². The number of piperazine rings is 1. The SMILES string of the molecule is CN1CCN(C2(CN)CCN(Cc3ccccc3)C2)CC1. The summed E-state index contributed by atoms with van der Waals surface area (Å²) in [6, 6.07) is 10.8. The largest absolute Gasteiger partial charge is 0.329 e. The number of benzene rings is 1. The van der Waals surface area contributed by atoms with Crippen molar-refractivity contribution in [2.75, 3.05) is 52.9 Å². The lowest BCUT2D eigenvalue weighted by atomic mass is 9.95. The molecule has 0 aromatic heterocycles. The van der Waals surface area contributed by atoms with E-state index in [9.17, 15) is 0 Å². The third-order valence-electron chi connectivity index (χ3n) is 5.21. The zero-order chi connectivity index (χ0) is 14.7. The third-order valence-corrected chi connectivity index (χ3v) is 5.21. The predicted octanol–water partition coefficient (Wildman–Crippen LogP) is 0.837. The zero-order valence-electron chi connectivity index (χ0n) is 13.2. The molecule has 2 aliphatic heterocycles. The molecule has 2 N–H and O–H groups in total. The summed E-state index contributed by atoms with van der Waals surface area (Å²) in [5.41, 5.74) is 7.82. The molecule has 2 fully saturated rings. The van der Waals surface area contributed by atoms with Crippen LogP contribution in [0.5, 0.6) is 0 Å². The number of likely N-dealkylation sites (tertiary alicyclic amines) is 1. The van der Waals surface area contributed by atoms with Gasteiger partial charge in [-0.2, -0.15) is 0 Å². The van der Waals surface area contributed by atoms with Crippen LogP contribution in [-0.4, -0.2) is 73.1 Å². The summed E-state index contributed by atoms with van der Waals surface area (Å²) >= 11 is 0. The zero-order valence-corrected chi connectivity index (χ0v) is 13.2. The van der Waals surface area contributed by atoms with Crippen molar-refractivity contribution in [1.29, 1.82) is 0 Å². The molecule has 2 saturated heterocycles. The number of likely N-dealkylation sites (N-methyl/N-ethyl adjacent to an activating group) is 1. The van der Waals surface area contributed by atoms with Crippen molar-refractivity contribution in [2.24, 2.45) is 5.73 Å². The van der Waals surface area contributed by atoms with Crippen molar-refractivity contribution < 1.29 is 0 Å². The van der Waals surface area contributed by atoms with Crippen molar-refractivity contribution in [3.05, 3.63) is 35.9 Å². The molecule has 1 unspecified atom stereocenters. The lowest BCUT2D eigenvalue weighted by molar-refractivity contribution is 0.0488. The van der Waals surface area contributed by atoms with Crippen LogP contribution in [0.15, 0.2) is 30.3 Å². The van der Waals surface area contributed by atoms with Gasteiger partial charge in [0.1, 0.15) is 0 Å². The molecule has 4 nitrogen and oxygen atoms in total. The maximum Gasteiger partial charge on any atom is 0.0471 e. The van der Waals surface area contributed by atoms with E-state index in [1.54, 1.807) is 0 Å². The first-order valence-electron chi connectivity index (χ1n) is 8.12. The third kappa shape index (κ3) is 3.29. The molecule has 1 aromatic carbocycles. The summed E-state index contributed by atoms with van der Waals surface area (Å²) < 4.78 is 0. The molecule has 0 saturated carbocycles. The predicted molar refractivity (Wildman–Crippen MR) is 87.2 cm³/mol. The smallest absolute Gasteiger partial charge is 0.0471 e. The second-order valence-corrected chi connectivity index (χ2v) is 6.67. The number of hydrogen-bond acceptors (Lipinski definition) is 4. The van der Waals surface area contributed by atoms with Gasteiger partial charge in [0.2, 0.25) is 0 Å². The lowest BCUT2D eigenvalue weighted by Gasteiger charge is -2.44. The summed E-state index contributed by atoms with van der Waals surface area (Å²) in [6.07, 6.45) is 1.21. The first kappa shape index (κ1) is 15.0. The van der Waals surface area contributed by atoms with Crippen molar-refractivity contribution in [3.8, 4) is 0 Å². The van der Waals surface area contributed by atoms with Gasteiger partial charge in [-0.3, -0.25) is 9.80 Å². The van der Waals surface area contributed by atoms with E-state index in [0.29, 0.717) is 0 Å². The Bertz CT molecular complexity index is 441. The molecular weight excluding hydrogens is 260 g/mol. The molecular formula is C17H28N4. The van der Waals surface area contributed by atoms with Crippen LogP contribution in [0.3, 0.4) is 0 Å². The molecule has 3 rings (SSSR count). The topological polar surface area (TPSA) is 35.7 Å². The van der Waals surface area contributed by atoms with Crippen molar-refractivity contribution in [3.63, 3.8) is 0 Å². The number of hydrogen-bond donors (Lipinski definition) is 1. The van der Waals surface area contributed by atoms with Gasteiger partial charge in [0, 0.05) is 57.9 Å². The molecule has 4 heteroatoms.